The van der Waals surface area contributed by atoms with Gasteiger partial charge in [0.05, 0.1) is 28.8 Å². The fourth-order valence-corrected chi connectivity index (χ4v) is 3.70. The Balaban J connectivity index is 1.95. The number of hydrogen-bond donors (Lipinski definition) is 2. The van der Waals surface area contributed by atoms with Crippen LogP contribution in [0, 0.1) is 22.7 Å². The van der Waals surface area contributed by atoms with Crippen LogP contribution in [0.4, 0.5) is 35.5 Å². The molecule has 2 heterocycles. The van der Waals surface area contributed by atoms with Gasteiger partial charge in [0.1, 0.15) is 6.04 Å². The van der Waals surface area contributed by atoms with E-state index in [9.17, 15) is 23.2 Å². The number of fused-ring (bicyclic) bond motifs is 1. The SMILES string of the molecule is CC1=C(C#N)[C@@H](c2ccc(C#N)cc2)n2nc(NC(=O)O)nc2N1c1cccc(C(F)(F)F)c1. The molecule has 0 unspecified atom stereocenters. The maximum Gasteiger partial charge on any atom is 0.416 e. The number of halogens is 3. The van der Waals surface area contributed by atoms with Crippen molar-refractivity contribution >= 4 is 23.7 Å². The van der Waals surface area contributed by atoms with Crippen LogP contribution in [-0.4, -0.2) is 26.0 Å². The van der Waals surface area contributed by atoms with Gasteiger partial charge < -0.3 is 5.11 Å². The van der Waals surface area contributed by atoms with E-state index in [4.69, 9.17) is 10.4 Å². The number of allylic oxidation sites excluding steroid dienone is 2. The quantitative estimate of drug-likeness (QED) is 0.568. The zero-order valence-electron chi connectivity index (χ0n) is 17.4. The monoisotopic (exact) mass is 465 g/mol. The zero-order chi connectivity index (χ0) is 24.6. The average Bonchev–Trinajstić information content (AvgIpc) is 3.19. The van der Waals surface area contributed by atoms with E-state index >= 15 is 0 Å². The van der Waals surface area contributed by atoms with Gasteiger partial charge >= 0.3 is 12.3 Å². The third kappa shape index (κ3) is 3.89. The van der Waals surface area contributed by atoms with Crippen LogP contribution in [-0.2, 0) is 6.18 Å². The molecule has 1 amide bonds. The molecule has 2 N–H and O–H groups in total. The first-order valence-corrected chi connectivity index (χ1v) is 9.69. The van der Waals surface area contributed by atoms with Gasteiger partial charge in [0.2, 0.25) is 5.95 Å². The Bertz CT molecular complexity index is 1400. The van der Waals surface area contributed by atoms with Gasteiger partial charge in [0.25, 0.3) is 5.95 Å². The Morgan fingerprint density at radius 1 is 1.15 bits per heavy atom. The molecule has 0 fully saturated rings. The molecule has 0 aliphatic carbocycles. The highest BCUT2D eigenvalue weighted by Crippen LogP contribution is 2.43. The fraction of sp³-hybridized carbons (Fsp3) is 0.136. The van der Waals surface area contributed by atoms with Crippen molar-refractivity contribution in [3.8, 4) is 12.1 Å². The molecule has 12 heteroatoms. The van der Waals surface area contributed by atoms with E-state index < -0.39 is 23.9 Å². The Morgan fingerprint density at radius 3 is 2.44 bits per heavy atom. The number of amides is 1. The third-order valence-electron chi connectivity index (χ3n) is 5.18. The van der Waals surface area contributed by atoms with Crippen molar-refractivity contribution in [3.05, 3.63) is 76.5 Å². The average molecular weight is 465 g/mol. The summed E-state index contributed by atoms with van der Waals surface area (Å²) in [6.45, 7) is 1.55. The van der Waals surface area contributed by atoms with Gasteiger partial charge in [-0.15, -0.1) is 5.10 Å². The maximum atomic E-state index is 13.3. The molecule has 34 heavy (non-hydrogen) atoms. The van der Waals surface area contributed by atoms with E-state index in [0.717, 1.165) is 12.1 Å². The fourth-order valence-electron chi connectivity index (χ4n) is 3.70. The van der Waals surface area contributed by atoms with Crippen molar-refractivity contribution in [1.82, 2.24) is 14.8 Å². The van der Waals surface area contributed by atoms with Gasteiger partial charge in [-0.25, -0.2) is 9.48 Å². The minimum Gasteiger partial charge on any atom is -0.465 e. The van der Waals surface area contributed by atoms with Gasteiger partial charge in [-0.2, -0.15) is 28.7 Å². The number of nitriles is 2. The summed E-state index contributed by atoms with van der Waals surface area (Å²) in [5.41, 5.74) is 0.539. The van der Waals surface area contributed by atoms with Crippen LogP contribution in [0.2, 0.25) is 0 Å². The van der Waals surface area contributed by atoms with Crippen molar-refractivity contribution in [2.45, 2.75) is 19.1 Å². The van der Waals surface area contributed by atoms with Gasteiger partial charge in [-0.05, 0) is 42.8 Å². The minimum absolute atomic E-state index is 0.00827. The predicted molar refractivity (Wildman–Crippen MR) is 113 cm³/mol. The van der Waals surface area contributed by atoms with Gasteiger partial charge in [-0.3, -0.25) is 10.2 Å². The van der Waals surface area contributed by atoms with Crippen molar-refractivity contribution in [2.75, 3.05) is 10.2 Å². The van der Waals surface area contributed by atoms with E-state index in [1.54, 1.807) is 31.2 Å². The largest absolute Gasteiger partial charge is 0.465 e. The van der Waals surface area contributed by atoms with E-state index in [0.29, 0.717) is 11.1 Å². The summed E-state index contributed by atoms with van der Waals surface area (Å²) in [5, 5.41) is 34.4. The minimum atomic E-state index is -4.60. The highest BCUT2D eigenvalue weighted by atomic mass is 19.4. The van der Waals surface area contributed by atoms with Crippen LogP contribution in [0.1, 0.15) is 29.7 Å². The summed E-state index contributed by atoms with van der Waals surface area (Å²) in [6, 6.07) is 14.0. The molecule has 170 valence electrons. The second-order valence-electron chi connectivity index (χ2n) is 7.24. The molecule has 0 radical (unpaired) electrons. The van der Waals surface area contributed by atoms with Crippen molar-refractivity contribution < 1.29 is 23.1 Å². The molecule has 4 rings (SSSR count). The number of carbonyl (C=O) groups is 1. The molecule has 0 spiro atoms. The molecule has 1 aliphatic heterocycles. The number of anilines is 3. The highest BCUT2D eigenvalue weighted by Gasteiger charge is 2.37. The summed E-state index contributed by atoms with van der Waals surface area (Å²) in [4.78, 5) is 16.7. The first-order valence-electron chi connectivity index (χ1n) is 9.69. The lowest BCUT2D eigenvalue weighted by atomic mass is 9.95. The van der Waals surface area contributed by atoms with E-state index in [1.807, 2.05) is 11.4 Å². The number of nitrogens with one attached hydrogen (secondary N) is 1. The van der Waals surface area contributed by atoms with Gasteiger partial charge in [-0.1, -0.05) is 18.2 Å². The third-order valence-corrected chi connectivity index (χ3v) is 5.18. The summed E-state index contributed by atoms with van der Waals surface area (Å²) >= 11 is 0. The van der Waals surface area contributed by atoms with Gasteiger partial charge in [0.15, 0.2) is 0 Å². The number of hydrogen-bond acceptors (Lipinski definition) is 6. The summed E-state index contributed by atoms with van der Waals surface area (Å²) in [5.74, 6) is -0.306. The van der Waals surface area contributed by atoms with Crippen LogP contribution in [0.3, 0.4) is 0 Å². The Kier molecular flexibility index (Phi) is 5.43. The number of carboxylic acid groups (broad SMARTS) is 1. The van der Waals surface area contributed by atoms with Crippen LogP contribution in [0.15, 0.2) is 59.8 Å². The molecule has 9 nitrogen and oxygen atoms in total. The Hall–Kier alpha value is -4.84. The zero-order valence-corrected chi connectivity index (χ0v) is 17.4. The van der Waals surface area contributed by atoms with Crippen LogP contribution in [0.25, 0.3) is 0 Å². The lowest BCUT2D eigenvalue weighted by Crippen LogP contribution is -2.31. The molecule has 0 saturated heterocycles. The highest BCUT2D eigenvalue weighted by molar-refractivity contribution is 5.81. The normalized spacial score (nSPS) is 15.4. The van der Waals surface area contributed by atoms with Crippen LogP contribution in [0.5, 0.6) is 0 Å². The predicted octanol–water partition coefficient (Wildman–Crippen LogP) is 4.80. The Labute approximate surface area is 190 Å². The summed E-state index contributed by atoms with van der Waals surface area (Å²) in [6.07, 6.45) is -6.04. The van der Waals surface area contributed by atoms with Crippen LogP contribution >= 0.6 is 0 Å². The molecule has 2 aromatic carbocycles. The van der Waals surface area contributed by atoms with E-state index in [-0.39, 0.29) is 28.9 Å². The van der Waals surface area contributed by atoms with Crippen molar-refractivity contribution in [2.24, 2.45) is 0 Å². The molecular formula is C22H14F3N7O2. The molecule has 1 aliphatic rings. The lowest BCUT2D eigenvalue weighted by molar-refractivity contribution is -0.137. The summed E-state index contributed by atoms with van der Waals surface area (Å²) in [7, 11) is 0. The number of alkyl halides is 3. The number of nitrogens with zero attached hydrogens (tertiary/aromatic N) is 6. The maximum absolute atomic E-state index is 13.3. The standard InChI is InChI=1S/C22H14F3N7O2/c1-12-17(11-27)18(14-7-5-13(10-26)6-8-14)32-20(28-19(30-32)29-21(33)34)31(12)16-4-2-3-15(9-16)22(23,24)25/h2-9,18H,1H3,(H,29,30)(H,33,34)/t18-/m1/s1. The Morgan fingerprint density at radius 2 is 1.85 bits per heavy atom. The molecular weight excluding hydrogens is 451 g/mol. The van der Waals surface area contributed by atoms with Crippen LogP contribution < -0.4 is 10.2 Å². The molecule has 0 bridgehead atoms. The van der Waals surface area contributed by atoms with Crippen molar-refractivity contribution in [1.29, 1.82) is 10.5 Å². The lowest BCUT2D eigenvalue weighted by Gasteiger charge is -2.34. The number of benzene rings is 2. The number of aromatic nitrogens is 3. The topological polar surface area (TPSA) is 131 Å². The summed E-state index contributed by atoms with van der Waals surface area (Å²) < 4.78 is 41.3. The molecule has 3 aromatic rings. The molecule has 1 aromatic heterocycles. The smallest absolute Gasteiger partial charge is 0.416 e. The molecule has 1 atom stereocenters. The van der Waals surface area contributed by atoms with Crippen molar-refractivity contribution in [3.63, 3.8) is 0 Å². The molecule has 0 saturated carbocycles. The van der Waals surface area contributed by atoms with E-state index in [1.165, 1.54) is 21.7 Å². The van der Waals surface area contributed by atoms with E-state index in [2.05, 4.69) is 16.2 Å². The van der Waals surface area contributed by atoms with Gasteiger partial charge in [0, 0.05) is 11.4 Å². The number of rotatable bonds is 3. The second kappa shape index (κ2) is 8.26. The second-order valence-corrected chi connectivity index (χ2v) is 7.24. The first kappa shape index (κ1) is 22.4. The first-order chi connectivity index (χ1) is 16.1.